The van der Waals surface area contributed by atoms with Gasteiger partial charge in [-0.2, -0.15) is 0 Å². The minimum atomic E-state index is -0.506. The molecule has 2 aromatic rings. The van der Waals surface area contributed by atoms with E-state index in [9.17, 15) is 14.3 Å². The molecule has 0 saturated heterocycles. The summed E-state index contributed by atoms with van der Waals surface area (Å²) >= 11 is 0. The molecule has 0 spiro atoms. The number of hydrogen-bond donors (Lipinski definition) is 1. The van der Waals surface area contributed by atoms with Gasteiger partial charge in [-0.1, -0.05) is 25.1 Å². The standard InChI is InChI=1S/C30H42FN3O2/c1-5-30-15-14-28(3,36)16-19(30)7-8-20-21-9-10-23(29(21,4)13-12-22(20)30)25(35)17-34-27-24(32-33-34)11-6-18(2)26(27)31/h6,11,19-23,36H,5,7-10,12-17H2,1-4H3/t19-,20-,21-,22-,23+,28+,29-,30-/m0/s1. The van der Waals surface area contributed by atoms with Gasteiger partial charge in [0.1, 0.15) is 17.6 Å². The Kier molecular flexibility index (Phi) is 5.68. The summed E-state index contributed by atoms with van der Waals surface area (Å²) in [5.74, 6) is 2.51. The summed E-state index contributed by atoms with van der Waals surface area (Å²) in [7, 11) is 0. The molecule has 36 heavy (non-hydrogen) atoms. The third-order valence-electron chi connectivity index (χ3n) is 11.8. The van der Waals surface area contributed by atoms with Gasteiger partial charge in [-0.05, 0) is 124 Å². The molecule has 0 aliphatic heterocycles. The van der Waals surface area contributed by atoms with E-state index in [2.05, 4.69) is 24.2 Å². The van der Waals surface area contributed by atoms with Gasteiger partial charge in [0.15, 0.2) is 11.6 Å². The van der Waals surface area contributed by atoms with Crippen molar-refractivity contribution in [1.29, 1.82) is 0 Å². The molecule has 4 aliphatic rings. The Bertz CT molecular complexity index is 1190. The fraction of sp³-hybridized carbons (Fsp3) is 0.767. The first-order chi connectivity index (χ1) is 17.1. The van der Waals surface area contributed by atoms with E-state index in [1.165, 1.54) is 30.4 Å². The maximum absolute atomic E-state index is 14.9. The fourth-order valence-electron chi connectivity index (χ4n) is 9.97. The van der Waals surface area contributed by atoms with Crippen LogP contribution < -0.4 is 0 Å². The Labute approximate surface area is 214 Å². The summed E-state index contributed by atoms with van der Waals surface area (Å²) in [4.78, 5) is 13.8. The van der Waals surface area contributed by atoms with Crippen molar-refractivity contribution in [3.63, 3.8) is 0 Å². The van der Waals surface area contributed by atoms with Gasteiger partial charge in [-0.15, -0.1) is 5.10 Å². The summed E-state index contributed by atoms with van der Waals surface area (Å²) in [6, 6.07) is 3.49. The van der Waals surface area contributed by atoms with Gasteiger partial charge in [0.2, 0.25) is 0 Å². The van der Waals surface area contributed by atoms with Crippen LogP contribution in [0, 0.1) is 53.2 Å². The Balaban J connectivity index is 1.24. The molecule has 5 nitrogen and oxygen atoms in total. The van der Waals surface area contributed by atoms with E-state index >= 15 is 0 Å². The molecule has 1 heterocycles. The molecule has 8 atom stereocenters. The van der Waals surface area contributed by atoms with E-state index in [1.54, 1.807) is 19.1 Å². The highest BCUT2D eigenvalue weighted by molar-refractivity contribution is 5.84. The van der Waals surface area contributed by atoms with Gasteiger partial charge in [-0.25, -0.2) is 9.07 Å². The molecule has 4 aliphatic carbocycles. The third-order valence-corrected chi connectivity index (χ3v) is 11.8. The van der Waals surface area contributed by atoms with Crippen molar-refractivity contribution in [3.05, 3.63) is 23.5 Å². The zero-order valence-electron chi connectivity index (χ0n) is 22.4. The third kappa shape index (κ3) is 3.45. The molecule has 196 valence electrons. The molecular weight excluding hydrogens is 453 g/mol. The van der Waals surface area contributed by atoms with Crippen LogP contribution in [-0.2, 0) is 11.3 Å². The van der Waals surface area contributed by atoms with Crippen LogP contribution in [0.3, 0.4) is 0 Å². The van der Waals surface area contributed by atoms with Crippen molar-refractivity contribution >= 4 is 16.8 Å². The van der Waals surface area contributed by atoms with Crippen LogP contribution >= 0.6 is 0 Å². The highest BCUT2D eigenvalue weighted by Gasteiger charge is 2.62. The maximum atomic E-state index is 14.9. The normalized spacial score (nSPS) is 42.1. The van der Waals surface area contributed by atoms with Crippen molar-refractivity contribution in [3.8, 4) is 0 Å². The average molecular weight is 496 g/mol. The Hall–Kier alpha value is -1.82. The predicted octanol–water partition coefficient (Wildman–Crippen LogP) is 6.25. The largest absolute Gasteiger partial charge is 0.390 e. The van der Waals surface area contributed by atoms with Gasteiger partial charge in [0, 0.05) is 5.92 Å². The second-order valence-corrected chi connectivity index (χ2v) is 13.4. The second-order valence-electron chi connectivity index (χ2n) is 13.4. The first-order valence-electron chi connectivity index (χ1n) is 14.3. The lowest BCUT2D eigenvalue weighted by Gasteiger charge is -2.63. The molecule has 4 fully saturated rings. The van der Waals surface area contributed by atoms with Crippen molar-refractivity contribution < 1.29 is 14.3 Å². The van der Waals surface area contributed by atoms with Crippen molar-refractivity contribution in [2.75, 3.05) is 0 Å². The number of fused-ring (bicyclic) bond motifs is 6. The molecule has 1 aromatic heterocycles. The lowest BCUT2D eigenvalue weighted by Crippen LogP contribution is -2.56. The number of rotatable bonds is 4. The fourth-order valence-corrected chi connectivity index (χ4v) is 9.97. The molecule has 6 rings (SSSR count). The summed E-state index contributed by atoms with van der Waals surface area (Å²) < 4.78 is 16.4. The maximum Gasteiger partial charge on any atom is 0.157 e. The molecule has 4 saturated carbocycles. The molecule has 0 radical (unpaired) electrons. The van der Waals surface area contributed by atoms with Crippen LogP contribution in [0.4, 0.5) is 4.39 Å². The van der Waals surface area contributed by atoms with Gasteiger partial charge < -0.3 is 5.11 Å². The van der Waals surface area contributed by atoms with Crippen molar-refractivity contribution in [2.45, 2.75) is 104 Å². The van der Waals surface area contributed by atoms with E-state index in [0.29, 0.717) is 39.8 Å². The SMILES string of the molecule is CC[C@]12CC[C@@](C)(O)C[C@@H]1CC[C@H]1[C@@H]3CC[C@H](C(=O)Cn4nnc5ccc(C)c(F)c54)[C@@]3(C)CC[C@@H]12. The first-order valence-corrected chi connectivity index (χ1v) is 14.3. The van der Waals surface area contributed by atoms with Gasteiger partial charge >= 0.3 is 0 Å². The summed E-state index contributed by atoms with van der Waals surface area (Å²) in [5.41, 5.74) is 1.29. The topological polar surface area (TPSA) is 68.0 Å². The number of hydrogen-bond acceptors (Lipinski definition) is 4. The van der Waals surface area contributed by atoms with Crippen LogP contribution in [0.25, 0.3) is 11.0 Å². The van der Waals surface area contributed by atoms with Crippen molar-refractivity contribution in [1.82, 2.24) is 15.0 Å². The van der Waals surface area contributed by atoms with Crippen molar-refractivity contribution in [2.24, 2.45) is 40.4 Å². The Morgan fingerprint density at radius 2 is 1.92 bits per heavy atom. The summed E-state index contributed by atoms with van der Waals surface area (Å²) in [6.45, 7) is 8.64. The number of benzene rings is 1. The van der Waals surface area contributed by atoms with Gasteiger partial charge in [-0.3, -0.25) is 4.79 Å². The molecule has 1 aromatic carbocycles. The molecule has 0 bridgehead atoms. The summed E-state index contributed by atoms with van der Waals surface area (Å²) in [6.07, 6.45) is 11.1. The molecule has 0 amide bonds. The predicted molar refractivity (Wildman–Crippen MR) is 138 cm³/mol. The molecular formula is C30H42FN3O2. The minimum absolute atomic E-state index is 0.0120. The number of Topliss-reactive ketones (excluding diaryl/α,β-unsaturated/α-hetero) is 1. The van der Waals surface area contributed by atoms with Crippen LogP contribution in [0.5, 0.6) is 0 Å². The number of aromatic nitrogens is 3. The number of aliphatic hydroxyl groups is 1. The monoisotopic (exact) mass is 495 g/mol. The van der Waals surface area contributed by atoms with Gasteiger partial charge in [0.25, 0.3) is 0 Å². The van der Waals surface area contributed by atoms with E-state index in [-0.39, 0.29) is 29.5 Å². The minimum Gasteiger partial charge on any atom is -0.390 e. The highest BCUT2D eigenvalue weighted by Crippen LogP contribution is 2.69. The number of aryl methyl sites for hydroxylation is 1. The smallest absolute Gasteiger partial charge is 0.157 e. The van der Waals surface area contributed by atoms with Crippen LogP contribution in [0.15, 0.2) is 12.1 Å². The van der Waals surface area contributed by atoms with E-state index in [1.807, 2.05) is 6.92 Å². The van der Waals surface area contributed by atoms with E-state index in [0.717, 1.165) is 44.4 Å². The number of halogens is 1. The summed E-state index contributed by atoms with van der Waals surface area (Å²) in [5, 5.41) is 19.1. The van der Waals surface area contributed by atoms with Gasteiger partial charge in [0.05, 0.1) is 5.60 Å². The average Bonchev–Trinajstić information content (AvgIpc) is 3.41. The Morgan fingerprint density at radius 1 is 1.11 bits per heavy atom. The van der Waals surface area contributed by atoms with Crippen LogP contribution in [0.2, 0.25) is 0 Å². The first kappa shape index (κ1) is 24.5. The molecule has 1 N–H and O–H groups in total. The number of carbonyl (C=O) groups is 1. The second kappa shape index (κ2) is 8.34. The van der Waals surface area contributed by atoms with E-state index in [4.69, 9.17) is 0 Å². The molecule has 0 unspecified atom stereocenters. The Morgan fingerprint density at radius 3 is 2.69 bits per heavy atom. The number of carbonyl (C=O) groups excluding carboxylic acids is 1. The lowest BCUT2D eigenvalue weighted by atomic mass is 9.42. The number of ketones is 1. The van der Waals surface area contributed by atoms with Crippen LogP contribution in [-0.4, -0.2) is 31.5 Å². The number of nitrogens with zero attached hydrogens (tertiary/aromatic N) is 3. The van der Waals surface area contributed by atoms with E-state index < -0.39 is 5.60 Å². The lowest BCUT2D eigenvalue weighted by molar-refractivity contribution is -0.158. The quantitative estimate of drug-likeness (QED) is 0.545. The zero-order valence-corrected chi connectivity index (χ0v) is 22.4. The highest BCUT2D eigenvalue weighted by atomic mass is 19.1. The molecule has 6 heteroatoms. The van der Waals surface area contributed by atoms with Crippen LogP contribution in [0.1, 0.15) is 90.5 Å². The zero-order chi connectivity index (χ0) is 25.5.